The van der Waals surface area contributed by atoms with Crippen molar-refractivity contribution in [2.24, 2.45) is 0 Å². The molecule has 3 aromatic carbocycles. The Morgan fingerprint density at radius 3 is 1.96 bits per heavy atom. The summed E-state index contributed by atoms with van der Waals surface area (Å²) in [6.07, 6.45) is 1.76. The molecular formula is C33H31F4N7O2. The fraction of sp³-hybridized carbons (Fsp3) is 0.273. The number of hydrogen-bond acceptors (Lipinski definition) is 8. The maximum atomic E-state index is 16.1. The molecule has 46 heavy (non-hydrogen) atoms. The number of rotatable bonds is 9. The number of tetrazole rings is 1. The van der Waals surface area contributed by atoms with Crippen LogP contribution in [-0.2, 0) is 18.1 Å². The molecule has 0 aliphatic carbocycles. The van der Waals surface area contributed by atoms with Gasteiger partial charge in [-0.2, -0.15) is 8.78 Å². The number of halogens is 4. The summed E-state index contributed by atoms with van der Waals surface area (Å²) in [7, 11) is 0. The van der Waals surface area contributed by atoms with E-state index in [0.29, 0.717) is 11.6 Å². The molecule has 5 aromatic rings. The quantitative estimate of drug-likeness (QED) is 0.217. The summed E-state index contributed by atoms with van der Waals surface area (Å²) in [5.41, 5.74) is -0.525. The van der Waals surface area contributed by atoms with E-state index in [2.05, 4.69) is 30.3 Å². The van der Waals surface area contributed by atoms with Gasteiger partial charge in [0.2, 0.25) is 0 Å². The molecule has 13 heteroatoms. The normalized spacial score (nSPS) is 15.9. The highest BCUT2D eigenvalue weighted by Crippen LogP contribution is 2.47. The summed E-state index contributed by atoms with van der Waals surface area (Å²) in [5.74, 6) is -6.47. The number of piperazine rings is 1. The van der Waals surface area contributed by atoms with Crippen molar-refractivity contribution in [2.45, 2.75) is 31.1 Å². The van der Waals surface area contributed by atoms with Crippen LogP contribution in [0.5, 0.6) is 0 Å². The maximum Gasteiger partial charge on any atom is 0.323 e. The largest absolute Gasteiger partial charge is 0.389 e. The zero-order valence-electron chi connectivity index (χ0n) is 24.8. The number of anilines is 2. The molecule has 0 saturated carbocycles. The van der Waals surface area contributed by atoms with Gasteiger partial charge >= 0.3 is 5.92 Å². The fourth-order valence-corrected chi connectivity index (χ4v) is 5.68. The molecule has 2 N–H and O–H groups in total. The summed E-state index contributed by atoms with van der Waals surface area (Å²) >= 11 is 0. The Kier molecular flexibility index (Phi) is 8.45. The predicted molar refractivity (Wildman–Crippen MR) is 163 cm³/mol. The predicted octanol–water partition coefficient (Wildman–Crippen LogP) is 5.07. The standard InChI is InChI=1S/C33H31F4N7O2/c1-22(45)23-2-8-27(9-3-23)42-14-16-43(17-15-42)28-10-4-24(5-11-28)25-6-13-31(38-19-25)33(36,37)32(46,20-44-21-39-40-41-44)29-12-7-26(34)18-30(29)35/h2-13,18-19,21-22,45-46H,14-17,20H2,1H3/t22-,32+/m1/s1. The summed E-state index contributed by atoms with van der Waals surface area (Å²) in [4.78, 5) is 8.53. The molecule has 6 rings (SSSR count). The van der Waals surface area contributed by atoms with Crippen LogP contribution >= 0.6 is 0 Å². The van der Waals surface area contributed by atoms with Crippen LogP contribution in [0, 0.1) is 11.6 Å². The Morgan fingerprint density at radius 2 is 1.43 bits per heavy atom. The second kappa shape index (κ2) is 12.5. The van der Waals surface area contributed by atoms with E-state index >= 15 is 8.78 Å². The van der Waals surface area contributed by atoms with Gasteiger partial charge in [0.15, 0.2) is 5.60 Å². The number of pyridine rings is 1. The van der Waals surface area contributed by atoms with E-state index in [4.69, 9.17) is 0 Å². The zero-order chi connectivity index (χ0) is 32.5. The molecule has 1 aliphatic rings. The first-order chi connectivity index (χ1) is 22.0. The third-order valence-corrected chi connectivity index (χ3v) is 8.35. The van der Waals surface area contributed by atoms with Crippen molar-refractivity contribution >= 4 is 11.4 Å². The van der Waals surface area contributed by atoms with Crippen molar-refractivity contribution in [1.29, 1.82) is 0 Å². The van der Waals surface area contributed by atoms with E-state index in [0.717, 1.165) is 77.9 Å². The minimum absolute atomic E-state index is 0.424. The minimum Gasteiger partial charge on any atom is -0.389 e. The van der Waals surface area contributed by atoms with Crippen molar-refractivity contribution in [2.75, 3.05) is 36.0 Å². The van der Waals surface area contributed by atoms with Gasteiger partial charge in [-0.15, -0.1) is 5.10 Å². The Balaban J connectivity index is 1.17. The van der Waals surface area contributed by atoms with Crippen LogP contribution in [0.1, 0.15) is 29.8 Å². The molecule has 2 aromatic heterocycles. The van der Waals surface area contributed by atoms with Crippen molar-refractivity contribution in [3.63, 3.8) is 0 Å². The van der Waals surface area contributed by atoms with E-state index in [-0.39, 0.29) is 0 Å². The summed E-state index contributed by atoms with van der Waals surface area (Å²) in [6, 6.07) is 20.1. The van der Waals surface area contributed by atoms with Crippen LogP contribution in [0.3, 0.4) is 0 Å². The molecule has 0 unspecified atom stereocenters. The lowest BCUT2D eigenvalue weighted by molar-refractivity contribution is -0.207. The number of aromatic nitrogens is 5. The second-order valence-corrected chi connectivity index (χ2v) is 11.3. The first kappa shape index (κ1) is 31.1. The van der Waals surface area contributed by atoms with Gasteiger partial charge < -0.3 is 20.0 Å². The van der Waals surface area contributed by atoms with Crippen molar-refractivity contribution < 1.29 is 27.8 Å². The minimum atomic E-state index is -4.14. The smallest absolute Gasteiger partial charge is 0.323 e. The monoisotopic (exact) mass is 633 g/mol. The molecule has 1 fully saturated rings. The molecule has 0 amide bonds. The van der Waals surface area contributed by atoms with Gasteiger partial charge in [-0.3, -0.25) is 4.98 Å². The zero-order valence-corrected chi connectivity index (χ0v) is 24.8. The molecule has 9 nitrogen and oxygen atoms in total. The lowest BCUT2D eigenvalue weighted by Crippen LogP contribution is -2.48. The van der Waals surface area contributed by atoms with Gasteiger partial charge in [0.25, 0.3) is 0 Å². The van der Waals surface area contributed by atoms with Crippen molar-refractivity contribution in [1.82, 2.24) is 25.2 Å². The van der Waals surface area contributed by atoms with Crippen LogP contribution in [0.2, 0.25) is 0 Å². The van der Waals surface area contributed by atoms with Gasteiger partial charge in [-0.25, -0.2) is 13.5 Å². The molecule has 2 atom stereocenters. The molecule has 0 bridgehead atoms. The van der Waals surface area contributed by atoms with E-state index in [1.807, 2.05) is 48.5 Å². The number of aliphatic hydroxyl groups excluding tert-OH is 1. The number of nitrogens with zero attached hydrogens (tertiary/aromatic N) is 7. The molecule has 0 radical (unpaired) electrons. The highest BCUT2D eigenvalue weighted by atomic mass is 19.3. The van der Waals surface area contributed by atoms with E-state index < -0.39 is 47.1 Å². The third kappa shape index (κ3) is 6.03. The van der Waals surface area contributed by atoms with Gasteiger partial charge in [-0.05, 0) is 70.9 Å². The van der Waals surface area contributed by atoms with Gasteiger partial charge in [-0.1, -0.05) is 30.3 Å². The van der Waals surface area contributed by atoms with Crippen LogP contribution < -0.4 is 9.80 Å². The van der Waals surface area contributed by atoms with Crippen LogP contribution in [0.15, 0.2) is 91.4 Å². The van der Waals surface area contributed by atoms with Crippen LogP contribution in [0.25, 0.3) is 11.1 Å². The molecule has 1 saturated heterocycles. The number of aliphatic hydroxyl groups is 2. The molecule has 0 spiro atoms. The summed E-state index contributed by atoms with van der Waals surface area (Å²) < 4.78 is 61.4. The second-order valence-electron chi connectivity index (χ2n) is 11.3. The third-order valence-electron chi connectivity index (χ3n) is 8.35. The van der Waals surface area contributed by atoms with Crippen LogP contribution in [0.4, 0.5) is 28.9 Å². The van der Waals surface area contributed by atoms with Crippen molar-refractivity contribution in [3.8, 4) is 11.1 Å². The van der Waals surface area contributed by atoms with Crippen LogP contribution in [-0.4, -0.2) is 61.6 Å². The fourth-order valence-electron chi connectivity index (χ4n) is 5.68. The van der Waals surface area contributed by atoms with Crippen molar-refractivity contribution in [3.05, 3.63) is 120 Å². The SMILES string of the molecule is C[C@@H](O)c1ccc(N2CCN(c3ccc(-c4ccc(C(F)(F)[C@](O)(Cn5cnnn5)c5ccc(F)cc5F)nc4)cc3)CC2)cc1. The highest BCUT2D eigenvalue weighted by Gasteiger charge is 2.58. The Labute approximate surface area is 262 Å². The number of benzene rings is 3. The average molecular weight is 634 g/mol. The van der Waals surface area contributed by atoms with Gasteiger partial charge in [0.1, 0.15) is 23.7 Å². The number of hydrogen-bond donors (Lipinski definition) is 2. The first-order valence-corrected chi connectivity index (χ1v) is 14.7. The first-order valence-electron chi connectivity index (χ1n) is 14.7. The number of alkyl halides is 2. The van der Waals surface area contributed by atoms with Gasteiger partial charge in [0.05, 0.1) is 12.6 Å². The molecule has 1 aliphatic heterocycles. The Bertz CT molecular complexity index is 1760. The molecule has 238 valence electrons. The highest BCUT2D eigenvalue weighted by molar-refractivity contribution is 5.66. The van der Waals surface area contributed by atoms with Gasteiger partial charge in [0, 0.05) is 60.9 Å². The Morgan fingerprint density at radius 1 is 0.826 bits per heavy atom. The summed E-state index contributed by atoms with van der Waals surface area (Å²) in [6.45, 7) is 4.10. The molecule has 3 heterocycles. The summed E-state index contributed by atoms with van der Waals surface area (Å²) in [5, 5.41) is 31.4. The molecular weight excluding hydrogens is 602 g/mol. The average Bonchev–Trinajstić information content (AvgIpc) is 3.58. The van der Waals surface area contributed by atoms with E-state index in [1.165, 1.54) is 12.3 Å². The Hall–Kier alpha value is -4.88. The van der Waals surface area contributed by atoms with E-state index in [1.54, 1.807) is 6.92 Å². The lowest BCUT2D eigenvalue weighted by Gasteiger charge is -2.37. The maximum absolute atomic E-state index is 16.1. The lowest BCUT2D eigenvalue weighted by atomic mass is 9.84. The van der Waals surface area contributed by atoms with E-state index in [9.17, 15) is 19.0 Å². The topological polar surface area (TPSA) is 103 Å².